The Bertz CT molecular complexity index is 997. The average molecular weight is 508 g/mol. The van der Waals surface area contributed by atoms with Gasteiger partial charge < -0.3 is 25.2 Å². The third-order valence-corrected chi connectivity index (χ3v) is 6.87. The summed E-state index contributed by atoms with van der Waals surface area (Å²) in [5.74, 6) is 0. The van der Waals surface area contributed by atoms with Crippen LogP contribution in [0.25, 0.3) is 0 Å². The summed E-state index contributed by atoms with van der Waals surface area (Å²) in [5, 5.41) is 25.2. The van der Waals surface area contributed by atoms with E-state index in [1.807, 2.05) is 4.90 Å². The van der Waals surface area contributed by atoms with Crippen LogP contribution in [0.1, 0.15) is 32.1 Å². The first-order chi connectivity index (χ1) is 15.6. The Kier molecular flexibility index (Phi) is 8.56. The van der Waals surface area contributed by atoms with Crippen LogP contribution in [0, 0.1) is 0 Å². The third-order valence-electron chi connectivity index (χ3n) is 5.75. The topological polar surface area (TPSA) is 163 Å². The molecule has 0 radical (unpaired) electrons. The van der Waals surface area contributed by atoms with Crippen molar-refractivity contribution in [2.75, 3.05) is 30.9 Å². The minimum atomic E-state index is -3.25. The highest BCUT2D eigenvalue weighted by Crippen LogP contribution is 2.26. The van der Waals surface area contributed by atoms with Gasteiger partial charge in [-0.1, -0.05) is 11.6 Å². The Balaban J connectivity index is 1.48. The fourth-order valence-electron chi connectivity index (χ4n) is 4.12. The Morgan fingerprint density at radius 2 is 1.97 bits per heavy atom. The van der Waals surface area contributed by atoms with Crippen LogP contribution >= 0.6 is 11.6 Å². The van der Waals surface area contributed by atoms with Gasteiger partial charge in [0.05, 0.1) is 43.9 Å². The fraction of sp³-hybridized carbons (Fsp3) is 0.737. The van der Waals surface area contributed by atoms with Gasteiger partial charge in [0.1, 0.15) is 11.1 Å². The first-order valence-corrected chi connectivity index (χ1v) is 13.1. The van der Waals surface area contributed by atoms with Gasteiger partial charge in [-0.15, -0.1) is 0 Å². The first-order valence-electron chi connectivity index (χ1n) is 10.8. The monoisotopic (exact) mass is 507 g/mol. The van der Waals surface area contributed by atoms with Gasteiger partial charge in [-0.25, -0.2) is 22.6 Å². The summed E-state index contributed by atoms with van der Waals surface area (Å²) in [6.45, 7) is 0.194. The van der Waals surface area contributed by atoms with E-state index in [1.165, 1.54) is 6.20 Å². The van der Waals surface area contributed by atoms with Gasteiger partial charge >= 0.3 is 6.09 Å². The number of anilines is 1. The highest BCUT2D eigenvalue weighted by Gasteiger charge is 2.30. The number of hydrogen-bond donors (Lipinski definition) is 4. The van der Waals surface area contributed by atoms with E-state index >= 15 is 0 Å². The van der Waals surface area contributed by atoms with Crippen LogP contribution in [0.3, 0.4) is 0 Å². The highest BCUT2D eigenvalue weighted by molar-refractivity contribution is 7.88. The molecule has 1 aliphatic carbocycles. The van der Waals surface area contributed by atoms with E-state index in [-0.39, 0.29) is 29.8 Å². The van der Waals surface area contributed by atoms with Crippen molar-refractivity contribution in [3.63, 3.8) is 0 Å². The van der Waals surface area contributed by atoms with E-state index in [1.54, 1.807) is 0 Å². The molecule has 2 aliphatic rings. The van der Waals surface area contributed by atoms with Gasteiger partial charge in [-0.2, -0.15) is 5.10 Å². The molecule has 14 heteroatoms. The quantitative estimate of drug-likeness (QED) is 0.360. The molecule has 1 aliphatic heterocycles. The van der Waals surface area contributed by atoms with Crippen LogP contribution in [-0.4, -0.2) is 84.7 Å². The van der Waals surface area contributed by atoms with Gasteiger partial charge in [0.25, 0.3) is 5.56 Å². The van der Waals surface area contributed by atoms with E-state index in [2.05, 4.69) is 15.1 Å². The molecule has 12 nitrogen and oxygen atoms in total. The number of halogens is 1. The number of ether oxygens (including phenoxy) is 1. The number of carbonyl (C=O) groups excluding carboxylic acids is 1. The van der Waals surface area contributed by atoms with Gasteiger partial charge in [0.2, 0.25) is 10.0 Å². The summed E-state index contributed by atoms with van der Waals surface area (Å²) in [6, 6.07) is -0.189. The van der Waals surface area contributed by atoms with Crippen molar-refractivity contribution >= 4 is 33.4 Å². The summed E-state index contributed by atoms with van der Waals surface area (Å²) in [7, 11) is -3.25. The molecule has 0 bridgehead atoms. The molecule has 4 N–H and O–H groups in total. The Morgan fingerprint density at radius 1 is 1.30 bits per heavy atom. The second-order valence-electron chi connectivity index (χ2n) is 8.51. The molecule has 0 spiro atoms. The van der Waals surface area contributed by atoms with Gasteiger partial charge in [0.15, 0.2) is 0 Å². The highest BCUT2D eigenvalue weighted by atomic mass is 35.5. The van der Waals surface area contributed by atoms with E-state index in [0.29, 0.717) is 50.9 Å². The summed E-state index contributed by atoms with van der Waals surface area (Å²) in [4.78, 5) is 26.5. The Morgan fingerprint density at radius 3 is 2.61 bits per heavy atom. The summed E-state index contributed by atoms with van der Waals surface area (Å²) >= 11 is 6.22. The number of sulfonamides is 1. The maximum Gasteiger partial charge on any atom is 0.407 e. The number of carbonyl (C=O) groups is 1. The SMILES string of the molecule is CS(=O)(=O)NC1CCC(NC(=O)O[C@@H]2CCN(c3cnn(CC(O)CO)c(=O)c3Cl)C2)CC1. The number of amides is 1. The molecule has 2 heterocycles. The number of alkyl carbamates (subject to hydrolysis) is 1. The third kappa shape index (κ3) is 7.27. The van der Waals surface area contributed by atoms with Crippen LogP contribution < -0.4 is 20.5 Å². The molecule has 33 heavy (non-hydrogen) atoms. The molecule has 1 amide bonds. The fourth-order valence-corrected chi connectivity index (χ4v) is 5.22. The van der Waals surface area contributed by atoms with Crippen LogP contribution in [0.15, 0.2) is 11.0 Å². The molecule has 1 aromatic heterocycles. The van der Waals surface area contributed by atoms with Crippen LogP contribution in [0.2, 0.25) is 5.02 Å². The lowest BCUT2D eigenvalue weighted by atomic mass is 9.92. The van der Waals surface area contributed by atoms with Gasteiger partial charge in [-0.3, -0.25) is 4.79 Å². The van der Waals surface area contributed by atoms with Gasteiger partial charge in [-0.05, 0) is 25.7 Å². The number of aromatic nitrogens is 2. The number of rotatable bonds is 8. The van der Waals surface area contributed by atoms with Crippen molar-refractivity contribution in [2.45, 2.75) is 62.9 Å². The maximum absolute atomic E-state index is 12.4. The van der Waals surface area contributed by atoms with Crippen LogP contribution in [-0.2, 0) is 21.3 Å². The predicted molar refractivity (Wildman–Crippen MR) is 121 cm³/mol. The minimum Gasteiger partial charge on any atom is -0.444 e. The normalized spacial score (nSPS) is 24.5. The first kappa shape index (κ1) is 25.7. The number of hydrogen-bond acceptors (Lipinski definition) is 9. The molecule has 1 saturated heterocycles. The lowest BCUT2D eigenvalue weighted by molar-refractivity contribution is 0.0770. The van der Waals surface area contributed by atoms with Crippen molar-refractivity contribution in [3.8, 4) is 0 Å². The largest absolute Gasteiger partial charge is 0.444 e. The zero-order valence-corrected chi connectivity index (χ0v) is 19.9. The lowest BCUT2D eigenvalue weighted by Crippen LogP contribution is -2.44. The Labute approximate surface area is 196 Å². The number of aliphatic hydroxyl groups excluding tert-OH is 2. The van der Waals surface area contributed by atoms with E-state index in [4.69, 9.17) is 21.4 Å². The maximum atomic E-state index is 12.4. The summed E-state index contributed by atoms with van der Waals surface area (Å²) < 4.78 is 31.8. The molecule has 2 atom stereocenters. The Hall–Kier alpha value is -1.93. The van der Waals surface area contributed by atoms with Crippen molar-refractivity contribution in [2.24, 2.45) is 0 Å². The smallest absolute Gasteiger partial charge is 0.407 e. The predicted octanol–water partition coefficient (Wildman–Crippen LogP) is -0.585. The number of nitrogens with zero attached hydrogens (tertiary/aromatic N) is 3. The van der Waals surface area contributed by atoms with Crippen molar-refractivity contribution in [1.29, 1.82) is 0 Å². The molecule has 1 saturated carbocycles. The summed E-state index contributed by atoms with van der Waals surface area (Å²) in [5.41, 5.74) is -0.163. The lowest BCUT2D eigenvalue weighted by Gasteiger charge is -2.29. The molecule has 2 fully saturated rings. The second kappa shape index (κ2) is 11.0. The van der Waals surface area contributed by atoms with Crippen molar-refractivity contribution in [1.82, 2.24) is 19.8 Å². The molecule has 0 aromatic carbocycles. The van der Waals surface area contributed by atoms with E-state index in [0.717, 1.165) is 10.9 Å². The minimum absolute atomic E-state index is 0.0558. The van der Waals surface area contributed by atoms with E-state index < -0.39 is 34.4 Å². The molecular weight excluding hydrogens is 478 g/mol. The second-order valence-corrected chi connectivity index (χ2v) is 10.7. The molecule has 1 unspecified atom stereocenters. The zero-order chi connectivity index (χ0) is 24.2. The van der Waals surface area contributed by atoms with Gasteiger partial charge in [0, 0.05) is 25.0 Å². The molecular formula is C19H30ClN5O7S. The van der Waals surface area contributed by atoms with Crippen molar-refractivity contribution < 1.29 is 28.2 Å². The molecule has 1 aromatic rings. The summed E-state index contributed by atoms with van der Waals surface area (Å²) in [6.07, 6.45) is 3.66. The standard InChI is InChI=1S/C19H30ClN5O7S/c1-33(30,31)23-13-4-2-12(3-5-13)22-19(29)32-15-6-7-24(10-15)16-8-21-25(9-14(27)11-26)18(28)17(16)20/h8,12-15,23,26-27H,2-7,9-11H2,1H3,(H,22,29)/t12?,13?,14?,15-/m1/s1. The number of nitrogens with one attached hydrogen (secondary N) is 2. The zero-order valence-electron chi connectivity index (χ0n) is 18.3. The molecule has 186 valence electrons. The van der Waals surface area contributed by atoms with Crippen LogP contribution in [0.4, 0.5) is 10.5 Å². The number of aliphatic hydroxyl groups is 2. The van der Waals surface area contributed by atoms with E-state index in [9.17, 15) is 23.1 Å². The molecule has 3 rings (SSSR count). The van der Waals surface area contributed by atoms with Crippen molar-refractivity contribution in [3.05, 3.63) is 21.6 Å². The van der Waals surface area contributed by atoms with Crippen LogP contribution in [0.5, 0.6) is 0 Å². The average Bonchev–Trinajstić information content (AvgIpc) is 3.19.